The summed E-state index contributed by atoms with van der Waals surface area (Å²) in [4.78, 5) is 15.7. The van der Waals surface area contributed by atoms with E-state index in [9.17, 15) is 4.79 Å². The molecule has 2 rings (SSSR count). The van der Waals surface area contributed by atoms with Crippen LogP contribution in [0, 0.1) is 0 Å². The van der Waals surface area contributed by atoms with Crippen LogP contribution in [0.3, 0.4) is 0 Å². The zero-order valence-corrected chi connectivity index (χ0v) is 15.6. The predicted octanol–water partition coefficient (Wildman–Crippen LogP) is 3.86. The molecule has 0 saturated heterocycles. The van der Waals surface area contributed by atoms with Crippen molar-refractivity contribution >= 4 is 20.1 Å². The van der Waals surface area contributed by atoms with Gasteiger partial charge in [0.05, 0.1) is 0 Å². The van der Waals surface area contributed by atoms with Crippen LogP contribution in [0.15, 0.2) is 49.1 Å². The predicted molar refractivity (Wildman–Crippen MR) is 97.7 cm³/mol. The van der Waals surface area contributed by atoms with Gasteiger partial charge in [-0.1, -0.05) is 31.8 Å². The highest BCUT2D eigenvalue weighted by Gasteiger charge is 2.29. The zero-order valence-electron chi connectivity index (χ0n) is 14.6. The Kier molecular flexibility index (Phi) is 6.11. The molecule has 5 nitrogen and oxygen atoms in total. The van der Waals surface area contributed by atoms with Gasteiger partial charge in [0, 0.05) is 25.1 Å². The maximum Gasteiger partial charge on any atom is 0.255 e. The highest BCUT2D eigenvalue weighted by atomic mass is 28.3. The van der Waals surface area contributed by atoms with Gasteiger partial charge in [0.25, 0.3) is 5.91 Å². The van der Waals surface area contributed by atoms with Crippen molar-refractivity contribution < 1.29 is 14.3 Å². The molecule has 128 valence electrons. The van der Waals surface area contributed by atoms with Crippen LogP contribution in [-0.2, 0) is 4.74 Å². The first-order valence-electron chi connectivity index (χ1n) is 7.99. The molecule has 0 aliphatic carbocycles. The summed E-state index contributed by atoms with van der Waals surface area (Å²) in [5.74, 6) is 0.462. The third-order valence-corrected chi connectivity index (χ3v) is 5.02. The summed E-state index contributed by atoms with van der Waals surface area (Å²) in [5, 5.41) is 0. The van der Waals surface area contributed by atoms with E-state index in [1.165, 1.54) is 17.0 Å². The van der Waals surface area contributed by atoms with Gasteiger partial charge in [-0.3, -0.25) is 9.36 Å². The molecule has 0 aliphatic rings. The van der Waals surface area contributed by atoms with Crippen LogP contribution in [0.4, 0.5) is 0 Å². The summed E-state index contributed by atoms with van der Waals surface area (Å²) < 4.78 is 13.2. The molecule has 0 spiro atoms. The first kappa shape index (κ1) is 18.2. The number of benzene rings is 1. The fourth-order valence-electron chi connectivity index (χ4n) is 2.04. The molecule has 1 heterocycles. The third kappa shape index (κ3) is 5.18. The third-order valence-electron chi connectivity index (χ3n) is 3.33. The summed E-state index contributed by atoms with van der Waals surface area (Å²) in [7, 11) is -1.58. The second-order valence-corrected chi connectivity index (χ2v) is 11.7. The molecule has 1 atom stereocenters. The number of imidazole rings is 1. The van der Waals surface area contributed by atoms with E-state index in [1.54, 1.807) is 18.5 Å². The maximum absolute atomic E-state index is 11.9. The minimum absolute atomic E-state index is 0.136. The number of rotatable bonds is 7. The molecule has 0 N–H and O–H groups in total. The number of ether oxygens (including phenoxy) is 2. The van der Waals surface area contributed by atoms with Gasteiger partial charge in [0.15, 0.2) is 5.91 Å². The lowest BCUT2D eigenvalue weighted by Crippen LogP contribution is -2.44. The Balaban J connectivity index is 2.01. The lowest BCUT2D eigenvalue weighted by atomic mass is 10.2. The highest BCUT2D eigenvalue weighted by Crippen LogP contribution is 2.20. The van der Waals surface area contributed by atoms with Crippen molar-refractivity contribution in [1.29, 1.82) is 0 Å². The van der Waals surface area contributed by atoms with Crippen molar-refractivity contribution in [2.75, 3.05) is 6.61 Å². The van der Waals surface area contributed by atoms with Crippen LogP contribution < -0.4 is 4.74 Å². The molecule has 0 saturated carbocycles. The number of nitrogens with zero attached hydrogens (tertiary/aromatic N) is 2. The summed E-state index contributed by atoms with van der Waals surface area (Å²) in [5.41, 5.74) is 0.928. The average Bonchev–Trinajstić information content (AvgIpc) is 3.07. The summed E-state index contributed by atoms with van der Waals surface area (Å²) in [6, 6.07) is 7.63. The molecule has 24 heavy (non-hydrogen) atoms. The Morgan fingerprint density at radius 3 is 2.54 bits per heavy atom. The van der Waals surface area contributed by atoms with Gasteiger partial charge in [-0.25, -0.2) is 4.98 Å². The van der Waals surface area contributed by atoms with Crippen molar-refractivity contribution in [3.05, 3.63) is 54.6 Å². The fraction of sp³-hybridized carbons (Fsp3) is 0.333. The van der Waals surface area contributed by atoms with E-state index in [-0.39, 0.29) is 11.8 Å². The summed E-state index contributed by atoms with van der Waals surface area (Å²) in [6.07, 6.45) is 7.96. The van der Waals surface area contributed by atoms with Crippen molar-refractivity contribution in [1.82, 2.24) is 9.55 Å². The molecule has 1 aromatic heterocycles. The van der Waals surface area contributed by atoms with E-state index in [4.69, 9.17) is 9.47 Å². The molecule has 6 heteroatoms. The fourth-order valence-corrected chi connectivity index (χ4v) is 3.19. The number of carbonyl (C=O) groups is 1. The average molecular weight is 344 g/mol. The molecule has 2 aromatic rings. The topological polar surface area (TPSA) is 53.4 Å². The van der Waals surface area contributed by atoms with Crippen molar-refractivity contribution in [2.24, 2.45) is 0 Å². The van der Waals surface area contributed by atoms with Crippen molar-refractivity contribution in [3.8, 4) is 5.75 Å². The van der Waals surface area contributed by atoms with Crippen LogP contribution in [0.25, 0.3) is 6.08 Å². The van der Waals surface area contributed by atoms with Gasteiger partial charge in [-0.05, 0) is 30.7 Å². The zero-order chi connectivity index (χ0) is 17.6. The molecule has 1 aromatic carbocycles. The minimum atomic E-state index is -1.58. The van der Waals surface area contributed by atoms with Gasteiger partial charge >= 0.3 is 0 Å². The van der Waals surface area contributed by atoms with Crippen LogP contribution in [0.2, 0.25) is 19.6 Å². The monoisotopic (exact) mass is 344 g/mol. The van der Waals surface area contributed by atoms with E-state index < -0.39 is 8.07 Å². The number of hydrogen-bond acceptors (Lipinski definition) is 4. The number of allylic oxidation sites excluding steroid dienone is 1. The van der Waals surface area contributed by atoms with Gasteiger partial charge in [-0.15, -0.1) is 0 Å². The maximum atomic E-state index is 11.9. The summed E-state index contributed by atoms with van der Waals surface area (Å²) in [6.45, 7) is 9.25. The van der Waals surface area contributed by atoms with Crippen molar-refractivity contribution in [2.45, 2.75) is 32.5 Å². The van der Waals surface area contributed by atoms with E-state index in [1.807, 2.05) is 31.2 Å². The lowest BCUT2D eigenvalue weighted by molar-refractivity contribution is -0.0234. The van der Waals surface area contributed by atoms with E-state index in [0.29, 0.717) is 6.61 Å². The normalized spacial score (nSPS) is 13.2. The molecule has 0 radical (unpaired) electrons. The van der Waals surface area contributed by atoms with Crippen LogP contribution in [0.1, 0.15) is 17.3 Å². The van der Waals surface area contributed by atoms with E-state index >= 15 is 0 Å². The molecule has 0 amide bonds. The van der Waals surface area contributed by atoms with Gasteiger partial charge in [0.2, 0.25) is 0 Å². The molecular weight excluding hydrogens is 320 g/mol. The first-order valence-corrected chi connectivity index (χ1v) is 11.6. The second kappa shape index (κ2) is 8.08. The largest absolute Gasteiger partial charge is 0.469 e. The first-order chi connectivity index (χ1) is 11.4. The Morgan fingerprint density at radius 2 is 2.00 bits per heavy atom. The quantitative estimate of drug-likeness (QED) is 0.435. The molecule has 0 aliphatic heterocycles. The Hall–Kier alpha value is -2.18. The highest BCUT2D eigenvalue weighted by molar-refractivity contribution is 6.77. The van der Waals surface area contributed by atoms with Crippen LogP contribution >= 0.6 is 0 Å². The SMILES string of the molecule is CCOC(Oc1ccc(C=CC(=O)n2ccnc2)cc1)[Si](C)(C)C. The Labute approximate surface area is 143 Å². The van der Waals surface area contributed by atoms with E-state index in [0.717, 1.165) is 11.3 Å². The molecular formula is C18H24N2O3Si. The number of hydrogen-bond donors (Lipinski definition) is 0. The second-order valence-electron chi connectivity index (χ2n) is 6.48. The van der Waals surface area contributed by atoms with Gasteiger partial charge < -0.3 is 9.47 Å². The lowest BCUT2D eigenvalue weighted by Gasteiger charge is -2.29. The minimum Gasteiger partial charge on any atom is -0.469 e. The van der Waals surface area contributed by atoms with Gasteiger partial charge in [-0.2, -0.15) is 0 Å². The Bertz CT molecular complexity index is 673. The van der Waals surface area contributed by atoms with Gasteiger partial charge in [0.1, 0.15) is 20.2 Å². The standard InChI is InChI=1S/C18H24N2O3Si/c1-5-22-18(24(2,3)4)23-16-9-6-15(7-10-16)8-11-17(21)20-13-12-19-14-20/h6-14,18H,5H2,1-4H3. The Morgan fingerprint density at radius 1 is 1.29 bits per heavy atom. The smallest absolute Gasteiger partial charge is 0.255 e. The summed E-state index contributed by atoms with van der Waals surface area (Å²) >= 11 is 0. The number of aromatic nitrogens is 2. The molecule has 0 bridgehead atoms. The van der Waals surface area contributed by atoms with Crippen LogP contribution in [0.5, 0.6) is 5.75 Å². The van der Waals surface area contributed by atoms with Crippen molar-refractivity contribution in [3.63, 3.8) is 0 Å². The van der Waals surface area contributed by atoms with E-state index in [2.05, 4.69) is 24.6 Å². The molecule has 1 unspecified atom stereocenters. The number of carbonyl (C=O) groups excluding carboxylic acids is 1. The van der Waals surface area contributed by atoms with Crippen LogP contribution in [-0.4, -0.2) is 36.1 Å². The molecule has 0 fully saturated rings.